The van der Waals surface area contributed by atoms with Crippen molar-refractivity contribution in [2.75, 3.05) is 14.2 Å². The van der Waals surface area contributed by atoms with E-state index >= 15 is 0 Å². The molecule has 0 saturated carbocycles. The lowest BCUT2D eigenvalue weighted by Crippen LogP contribution is -2.16. The van der Waals surface area contributed by atoms with Gasteiger partial charge in [-0.15, -0.1) is 0 Å². The van der Waals surface area contributed by atoms with E-state index in [-0.39, 0.29) is 6.04 Å². The van der Waals surface area contributed by atoms with Gasteiger partial charge in [-0.05, 0) is 42.3 Å². The van der Waals surface area contributed by atoms with Gasteiger partial charge in [0.25, 0.3) is 0 Å². The van der Waals surface area contributed by atoms with Crippen molar-refractivity contribution in [3.63, 3.8) is 0 Å². The van der Waals surface area contributed by atoms with Crippen LogP contribution < -0.4 is 15.2 Å². The second-order valence-electron chi connectivity index (χ2n) is 5.85. The zero-order valence-electron chi connectivity index (χ0n) is 14.6. The van der Waals surface area contributed by atoms with Crippen molar-refractivity contribution in [3.8, 4) is 17.2 Å². The topological polar surface area (TPSA) is 75.2 Å². The predicted octanol–water partition coefficient (Wildman–Crippen LogP) is 2.84. The minimum absolute atomic E-state index is 0.229. The quantitative estimate of drug-likeness (QED) is 0.748. The van der Waals surface area contributed by atoms with E-state index in [1.54, 1.807) is 20.5 Å². The molecule has 0 fully saturated rings. The fraction of sp³-hybridized carbons (Fsp3) is 0.263. The Bertz CT molecular complexity index is 860. The number of rotatable bonds is 6. The molecule has 6 heteroatoms. The molecule has 0 spiro atoms. The Morgan fingerprint density at radius 3 is 2.60 bits per heavy atom. The zero-order chi connectivity index (χ0) is 17.8. The van der Waals surface area contributed by atoms with Gasteiger partial charge in [0.05, 0.1) is 19.9 Å². The maximum Gasteiger partial charge on any atom is 0.161 e. The number of benzene rings is 2. The first kappa shape index (κ1) is 17.0. The van der Waals surface area contributed by atoms with Crippen molar-refractivity contribution in [2.45, 2.75) is 19.4 Å². The van der Waals surface area contributed by atoms with Crippen LogP contribution >= 0.6 is 0 Å². The van der Waals surface area contributed by atoms with Crippen LogP contribution in [0.1, 0.15) is 23.0 Å². The minimum atomic E-state index is -0.229. The third-order valence-electron chi connectivity index (χ3n) is 4.10. The smallest absolute Gasteiger partial charge is 0.161 e. The third kappa shape index (κ3) is 3.64. The van der Waals surface area contributed by atoms with Crippen molar-refractivity contribution in [2.24, 2.45) is 5.73 Å². The fourth-order valence-electron chi connectivity index (χ4n) is 2.78. The van der Waals surface area contributed by atoms with Crippen LogP contribution in [0.25, 0.3) is 5.69 Å². The monoisotopic (exact) mass is 338 g/mol. The molecule has 1 aromatic heterocycles. The highest BCUT2D eigenvalue weighted by Gasteiger charge is 2.15. The fourth-order valence-corrected chi connectivity index (χ4v) is 2.78. The van der Waals surface area contributed by atoms with Crippen LogP contribution in [0, 0.1) is 6.92 Å². The molecule has 3 rings (SSSR count). The lowest BCUT2D eigenvalue weighted by Gasteiger charge is -2.15. The van der Waals surface area contributed by atoms with Gasteiger partial charge in [0.2, 0.25) is 0 Å². The number of hydrogen-bond donors (Lipinski definition) is 1. The maximum atomic E-state index is 6.40. The molecule has 0 amide bonds. The van der Waals surface area contributed by atoms with E-state index < -0.39 is 0 Å². The molecule has 2 aromatic carbocycles. The van der Waals surface area contributed by atoms with Gasteiger partial charge in [-0.3, -0.25) is 0 Å². The summed E-state index contributed by atoms with van der Waals surface area (Å²) in [7, 11) is 3.23. The van der Waals surface area contributed by atoms with Crippen LogP contribution in [0.3, 0.4) is 0 Å². The Morgan fingerprint density at radius 2 is 1.88 bits per heavy atom. The molecule has 0 aliphatic carbocycles. The number of hydrogen-bond acceptors (Lipinski definition) is 5. The first-order valence-electron chi connectivity index (χ1n) is 8.06. The molecule has 6 nitrogen and oxygen atoms in total. The van der Waals surface area contributed by atoms with E-state index in [4.69, 9.17) is 15.2 Å². The SMILES string of the molecule is COc1ccc([C@H](N)Cc2ncnn2-c2cccc(C)c2)cc1OC. The summed E-state index contributed by atoms with van der Waals surface area (Å²) in [5.74, 6) is 2.16. The number of methoxy groups -OCH3 is 2. The van der Waals surface area contributed by atoms with Gasteiger partial charge >= 0.3 is 0 Å². The largest absolute Gasteiger partial charge is 0.493 e. The Hall–Kier alpha value is -2.86. The van der Waals surface area contributed by atoms with Crippen molar-refractivity contribution in [1.29, 1.82) is 0 Å². The second-order valence-corrected chi connectivity index (χ2v) is 5.85. The molecule has 0 radical (unpaired) electrons. The van der Waals surface area contributed by atoms with Crippen molar-refractivity contribution >= 4 is 0 Å². The zero-order valence-corrected chi connectivity index (χ0v) is 14.6. The molecule has 25 heavy (non-hydrogen) atoms. The highest BCUT2D eigenvalue weighted by atomic mass is 16.5. The average molecular weight is 338 g/mol. The Morgan fingerprint density at radius 1 is 1.08 bits per heavy atom. The molecular formula is C19H22N4O2. The van der Waals surface area contributed by atoms with E-state index in [0.717, 1.165) is 17.1 Å². The molecule has 2 N–H and O–H groups in total. The van der Waals surface area contributed by atoms with Crippen LogP contribution in [-0.2, 0) is 6.42 Å². The molecule has 0 saturated heterocycles. The van der Waals surface area contributed by atoms with Crippen LogP contribution in [0.4, 0.5) is 0 Å². The summed E-state index contributed by atoms with van der Waals surface area (Å²) >= 11 is 0. The van der Waals surface area contributed by atoms with Gasteiger partial charge in [-0.2, -0.15) is 5.10 Å². The summed E-state index contributed by atoms with van der Waals surface area (Å²) < 4.78 is 12.5. The normalized spacial score (nSPS) is 12.0. The molecule has 130 valence electrons. The summed E-state index contributed by atoms with van der Waals surface area (Å²) in [5, 5.41) is 4.34. The Balaban J connectivity index is 1.85. The third-order valence-corrected chi connectivity index (χ3v) is 4.10. The number of aryl methyl sites for hydroxylation is 1. The van der Waals surface area contributed by atoms with Crippen LogP contribution in [0.5, 0.6) is 11.5 Å². The summed E-state index contributed by atoms with van der Waals surface area (Å²) in [6.07, 6.45) is 2.11. The highest BCUT2D eigenvalue weighted by Crippen LogP contribution is 2.30. The Labute approximate surface area is 147 Å². The molecule has 0 aliphatic heterocycles. The molecule has 0 bridgehead atoms. The minimum Gasteiger partial charge on any atom is -0.493 e. The van der Waals surface area contributed by atoms with E-state index in [9.17, 15) is 0 Å². The lowest BCUT2D eigenvalue weighted by atomic mass is 10.0. The second kappa shape index (κ2) is 7.36. The molecule has 3 aromatic rings. The average Bonchev–Trinajstić information content (AvgIpc) is 3.09. The molecule has 0 unspecified atom stereocenters. The van der Waals surface area contributed by atoms with E-state index in [0.29, 0.717) is 17.9 Å². The summed E-state index contributed by atoms with van der Waals surface area (Å²) in [4.78, 5) is 4.38. The van der Waals surface area contributed by atoms with Crippen molar-refractivity contribution < 1.29 is 9.47 Å². The van der Waals surface area contributed by atoms with Gasteiger partial charge in [-0.1, -0.05) is 18.2 Å². The standard InChI is InChI=1S/C19H22N4O2/c1-13-5-4-6-15(9-13)23-19(21-12-22-23)11-16(20)14-7-8-17(24-2)18(10-14)25-3/h4-10,12,16H,11,20H2,1-3H3/t16-/m1/s1. The first-order chi connectivity index (χ1) is 12.1. The number of nitrogens with two attached hydrogens (primary N) is 1. The molecule has 0 aliphatic rings. The number of ether oxygens (including phenoxy) is 2. The Kier molecular flexibility index (Phi) is 5.00. The van der Waals surface area contributed by atoms with Crippen molar-refractivity contribution in [3.05, 3.63) is 65.7 Å². The summed E-state index contributed by atoms with van der Waals surface area (Å²) in [5.41, 5.74) is 9.50. The number of aromatic nitrogens is 3. The van der Waals surface area contributed by atoms with Gasteiger partial charge < -0.3 is 15.2 Å². The highest BCUT2D eigenvalue weighted by molar-refractivity contribution is 5.44. The lowest BCUT2D eigenvalue weighted by molar-refractivity contribution is 0.354. The predicted molar refractivity (Wildman–Crippen MR) is 96.3 cm³/mol. The first-order valence-corrected chi connectivity index (χ1v) is 8.06. The van der Waals surface area contributed by atoms with Gasteiger partial charge in [0.15, 0.2) is 11.5 Å². The van der Waals surface area contributed by atoms with Gasteiger partial charge in [0.1, 0.15) is 12.2 Å². The summed E-state index contributed by atoms with van der Waals surface area (Å²) in [6.45, 7) is 2.05. The molecular weight excluding hydrogens is 316 g/mol. The van der Waals surface area contributed by atoms with Crippen LogP contribution in [0.2, 0.25) is 0 Å². The van der Waals surface area contributed by atoms with Crippen LogP contribution in [0.15, 0.2) is 48.8 Å². The van der Waals surface area contributed by atoms with Crippen LogP contribution in [-0.4, -0.2) is 29.0 Å². The van der Waals surface area contributed by atoms with E-state index in [2.05, 4.69) is 29.1 Å². The van der Waals surface area contributed by atoms with Gasteiger partial charge in [0, 0.05) is 12.5 Å². The molecule has 1 heterocycles. The van der Waals surface area contributed by atoms with Crippen molar-refractivity contribution in [1.82, 2.24) is 14.8 Å². The maximum absolute atomic E-state index is 6.40. The number of nitrogens with zero attached hydrogens (tertiary/aromatic N) is 3. The van der Waals surface area contributed by atoms with Gasteiger partial charge in [-0.25, -0.2) is 9.67 Å². The molecule has 1 atom stereocenters. The van der Waals surface area contributed by atoms with E-state index in [1.807, 2.05) is 35.0 Å². The van der Waals surface area contributed by atoms with E-state index in [1.165, 1.54) is 5.56 Å². The summed E-state index contributed by atoms with van der Waals surface area (Å²) in [6, 6.07) is 13.6.